The summed E-state index contributed by atoms with van der Waals surface area (Å²) in [6.07, 6.45) is 58.9. The average molecular weight is 942 g/mol. The third-order valence-electron chi connectivity index (χ3n) is 13.2. The number of quaternary nitrogens is 1. The van der Waals surface area contributed by atoms with Gasteiger partial charge in [-0.15, -0.1) is 0 Å². The monoisotopic (exact) mass is 941 g/mol. The van der Waals surface area contributed by atoms with Crippen molar-refractivity contribution in [1.29, 1.82) is 0 Å². The van der Waals surface area contributed by atoms with Crippen LogP contribution in [0.2, 0.25) is 0 Å². The van der Waals surface area contributed by atoms with E-state index in [2.05, 4.69) is 19.2 Å². The van der Waals surface area contributed by atoms with E-state index in [1.165, 1.54) is 231 Å². The third-order valence-corrected chi connectivity index (χ3v) is 14.2. The predicted molar refractivity (Wildman–Crippen MR) is 279 cm³/mol. The first kappa shape index (κ1) is 64.2. The van der Waals surface area contributed by atoms with E-state index in [4.69, 9.17) is 9.05 Å². The van der Waals surface area contributed by atoms with Crippen LogP contribution in [0, 0.1) is 0 Å². The first-order chi connectivity index (χ1) is 31.5. The van der Waals surface area contributed by atoms with Crippen molar-refractivity contribution in [2.75, 3.05) is 40.9 Å². The number of carbonyl (C=O) groups is 1. The highest BCUT2D eigenvalue weighted by Gasteiger charge is 2.23. The molecule has 8 nitrogen and oxygen atoms in total. The maximum Gasteiger partial charge on any atom is 0.268 e. The lowest BCUT2D eigenvalue weighted by atomic mass is 10.0. The number of carbonyl (C=O) groups excluding carboxylic acids is 1. The average Bonchev–Trinajstić information content (AvgIpc) is 3.26. The van der Waals surface area contributed by atoms with Gasteiger partial charge in [0.1, 0.15) is 13.2 Å². The van der Waals surface area contributed by atoms with Crippen molar-refractivity contribution in [3.05, 3.63) is 12.2 Å². The molecule has 0 spiro atoms. The van der Waals surface area contributed by atoms with E-state index in [0.29, 0.717) is 17.4 Å². The number of nitrogens with zero attached hydrogens (tertiary/aromatic N) is 1. The molecule has 0 aliphatic rings. The molecular weight excluding hydrogens is 828 g/mol. The van der Waals surface area contributed by atoms with Crippen molar-refractivity contribution in [1.82, 2.24) is 5.32 Å². The summed E-state index contributed by atoms with van der Waals surface area (Å²) >= 11 is 0. The van der Waals surface area contributed by atoms with Crippen molar-refractivity contribution in [2.24, 2.45) is 0 Å². The third kappa shape index (κ3) is 50.9. The number of aliphatic hydroxyl groups is 1. The fraction of sp³-hybridized carbons (Fsp3) is 0.946. The molecule has 0 aromatic rings. The first-order valence-corrected chi connectivity index (χ1v) is 30.0. The summed E-state index contributed by atoms with van der Waals surface area (Å²) in [6.45, 7) is 4.66. The van der Waals surface area contributed by atoms with Gasteiger partial charge in [-0.2, -0.15) is 0 Å². The molecule has 1 unspecified atom stereocenters. The summed E-state index contributed by atoms with van der Waals surface area (Å²) in [6, 6.07) is -0.880. The zero-order valence-corrected chi connectivity index (χ0v) is 45.1. The smallest absolute Gasteiger partial charge is 0.268 e. The van der Waals surface area contributed by atoms with Crippen LogP contribution in [0.25, 0.3) is 0 Å². The highest BCUT2D eigenvalue weighted by atomic mass is 31.2. The van der Waals surface area contributed by atoms with Gasteiger partial charge in [0.05, 0.1) is 39.9 Å². The van der Waals surface area contributed by atoms with Crippen LogP contribution in [0.15, 0.2) is 12.2 Å². The number of unbranched alkanes of at least 4 members (excludes halogenated alkanes) is 40. The zero-order chi connectivity index (χ0) is 47.8. The molecule has 388 valence electrons. The standard InChI is InChI=1S/C56H113N2O6P/c1-6-8-10-12-14-16-18-19-20-21-22-23-24-25-26-27-28-29-30-31-32-33-34-35-36-37-38-39-40-42-44-46-48-50-56(60)57-54(53-64-65(61,62)63-52-51-58(3,4)5)55(59)49-47-45-43-41-17-15-13-11-9-7-2/h47,49,54-55,59H,6-46,48,50-53H2,1-5H3,(H-,57,60,61,62)/b49-47+/t54-,55+/m0/s1. The second kappa shape index (κ2) is 48.3. The Kier molecular flexibility index (Phi) is 47.7. The van der Waals surface area contributed by atoms with Crippen LogP contribution < -0.4 is 10.2 Å². The van der Waals surface area contributed by atoms with Crippen LogP contribution in [0.3, 0.4) is 0 Å². The number of nitrogens with one attached hydrogen (secondary N) is 1. The molecule has 3 atom stereocenters. The largest absolute Gasteiger partial charge is 0.756 e. The van der Waals surface area contributed by atoms with Crippen LogP contribution in [0.4, 0.5) is 0 Å². The Balaban J connectivity index is 3.88. The molecule has 2 N–H and O–H groups in total. The molecule has 0 aromatic carbocycles. The summed E-state index contributed by atoms with van der Waals surface area (Å²) in [4.78, 5) is 25.4. The molecule has 0 aromatic heterocycles. The number of phosphoric acid groups is 1. The molecule has 65 heavy (non-hydrogen) atoms. The van der Waals surface area contributed by atoms with Crippen LogP contribution in [-0.4, -0.2) is 68.5 Å². The van der Waals surface area contributed by atoms with E-state index in [0.717, 1.165) is 38.5 Å². The van der Waals surface area contributed by atoms with Gasteiger partial charge in [0.2, 0.25) is 5.91 Å². The van der Waals surface area contributed by atoms with E-state index in [9.17, 15) is 19.4 Å². The maximum absolute atomic E-state index is 12.9. The van der Waals surface area contributed by atoms with Gasteiger partial charge >= 0.3 is 0 Å². The number of allylic oxidation sites excluding steroid dienone is 1. The SMILES string of the molecule is CCCCCCCCCC/C=C/[C@@H](O)[C@H](COP(=O)([O-])OCC[N+](C)(C)C)NC(=O)CCCCCCCCCCCCCCCCCCCCCCCCCCCCCCCCCCC. The van der Waals surface area contributed by atoms with Crippen molar-refractivity contribution in [3.63, 3.8) is 0 Å². The summed E-state index contributed by atoms with van der Waals surface area (Å²) in [7, 11) is 1.27. The van der Waals surface area contributed by atoms with Gasteiger partial charge < -0.3 is 28.8 Å². The lowest BCUT2D eigenvalue weighted by Gasteiger charge is -2.29. The molecule has 0 fully saturated rings. The van der Waals surface area contributed by atoms with E-state index in [1.54, 1.807) is 6.08 Å². The molecular formula is C56H113N2O6P. The number of aliphatic hydroxyl groups excluding tert-OH is 1. The highest BCUT2D eigenvalue weighted by molar-refractivity contribution is 7.45. The van der Waals surface area contributed by atoms with E-state index >= 15 is 0 Å². The number of likely N-dealkylation sites (N-methyl/N-ethyl adjacent to an activating group) is 1. The van der Waals surface area contributed by atoms with Crippen molar-refractivity contribution < 1.29 is 32.9 Å². The molecule has 0 rings (SSSR count). The molecule has 0 radical (unpaired) electrons. The fourth-order valence-corrected chi connectivity index (χ4v) is 9.47. The second-order valence-electron chi connectivity index (χ2n) is 21.0. The van der Waals surface area contributed by atoms with E-state index in [1.807, 2.05) is 27.2 Å². The number of hydrogen-bond acceptors (Lipinski definition) is 6. The number of hydrogen-bond donors (Lipinski definition) is 2. The summed E-state index contributed by atoms with van der Waals surface area (Å²) < 4.78 is 23.2. The Morgan fingerprint density at radius 2 is 0.831 bits per heavy atom. The molecule has 0 saturated heterocycles. The molecule has 0 saturated carbocycles. The molecule has 0 heterocycles. The van der Waals surface area contributed by atoms with Crippen molar-refractivity contribution in [2.45, 2.75) is 302 Å². The normalized spacial score (nSPS) is 14.0. The van der Waals surface area contributed by atoms with Crippen molar-refractivity contribution in [3.8, 4) is 0 Å². The molecule has 9 heteroatoms. The molecule has 0 aliphatic heterocycles. The second-order valence-corrected chi connectivity index (χ2v) is 22.4. The predicted octanol–water partition coefficient (Wildman–Crippen LogP) is 16.4. The van der Waals surface area contributed by atoms with Gasteiger partial charge in [0, 0.05) is 6.42 Å². The van der Waals surface area contributed by atoms with Gasteiger partial charge in [-0.3, -0.25) is 9.36 Å². The maximum atomic E-state index is 12.9. The Labute approximate surface area is 405 Å². The van der Waals surface area contributed by atoms with E-state index < -0.39 is 20.0 Å². The topological polar surface area (TPSA) is 108 Å². The minimum Gasteiger partial charge on any atom is -0.756 e. The lowest BCUT2D eigenvalue weighted by molar-refractivity contribution is -0.870. The van der Waals surface area contributed by atoms with Gasteiger partial charge in [0.15, 0.2) is 0 Å². The van der Waals surface area contributed by atoms with E-state index in [-0.39, 0.29) is 19.1 Å². The highest BCUT2D eigenvalue weighted by Crippen LogP contribution is 2.38. The van der Waals surface area contributed by atoms with Gasteiger partial charge in [-0.05, 0) is 19.3 Å². The fourth-order valence-electron chi connectivity index (χ4n) is 8.74. The Bertz CT molecular complexity index is 1070. The number of rotatable bonds is 53. The van der Waals surface area contributed by atoms with Crippen LogP contribution >= 0.6 is 7.82 Å². The summed E-state index contributed by atoms with van der Waals surface area (Å²) in [5, 5.41) is 13.8. The quantitative estimate of drug-likeness (QED) is 0.0272. The minimum absolute atomic E-state index is 0.00207. The minimum atomic E-state index is -4.58. The van der Waals surface area contributed by atoms with Gasteiger partial charge in [-0.25, -0.2) is 0 Å². The Morgan fingerprint density at radius 3 is 1.15 bits per heavy atom. The van der Waals surface area contributed by atoms with Crippen LogP contribution in [0.1, 0.15) is 290 Å². The summed E-state index contributed by atoms with van der Waals surface area (Å²) in [5.74, 6) is -0.193. The molecule has 0 aliphatic carbocycles. The van der Waals surface area contributed by atoms with Crippen LogP contribution in [0.5, 0.6) is 0 Å². The van der Waals surface area contributed by atoms with Gasteiger partial charge in [-0.1, -0.05) is 276 Å². The Morgan fingerprint density at radius 1 is 0.523 bits per heavy atom. The number of phosphoric ester groups is 1. The zero-order valence-electron chi connectivity index (χ0n) is 44.2. The first-order valence-electron chi connectivity index (χ1n) is 28.6. The van der Waals surface area contributed by atoms with Gasteiger partial charge in [0.25, 0.3) is 7.82 Å². The Hall–Kier alpha value is -0.760. The molecule has 0 bridgehead atoms. The number of amides is 1. The van der Waals surface area contributed by atoms with Crippen molar-refractivity contribution >= 4 is 13.7 Å². The van der Waals surface area contributed by atoms with Crippen LogP contribution in [-0.2, 0) is 18.4 Å². The summed E-state index contributed by atoms with van der Waals surface area (Å²) in [5.41, 5.74) is 0. The lowest BCUT2D eigenvalue weighted by Crippen LogP contribution is -2.45. The molecule has 1 amide bonds.